The fourth-order valence-electron chi connectivity index (χ4n) is 2.62. The van der Waals surface area contributed by atoms with Gasteiger partial charge in [-0.1, -0.05) is 11.6 Å². The van der Waals surface area contributed by atoms with Crippen LogP contribution in [-0.4, -0.2) is 39.4 Å². The molecule has 3 rings (SSSR count). The number of nitrogens with zero attached hydrogens (tertiary/aromatic N) is 3. The van der Waals surface area contributed by atoms with Gasteiger partial charge in [0.05, 0.1) is 5.52 Å². The van der Waals surface area contributed by atoms with E-state index in [9.17, 15) is 18.0 Å². The van der Waals surface area contributed by atoms with Gasteiger partial charge in [-0.2, -0.15) is 13.2 Å². The molecule has 0 spiro atoms. The van der Waals surface area contributed by atoms with E-state index >= 15 is 0 Å². The van der Waals surface area contributed by atoms with Crippen LogP contribution in [0.3, 0.4) is 0 Å². The molecule has 0 saturated heterocycles. The monoisotopic (exact) mass is 426 g/mol. The lowest BCUT2D eigenvalue weighted by atomic mass is 10.2. The first-order valence-corrected chi connectivity index (χ1v) is 8.97. The van der Waals surface area contributed by atoms with Crippen LogP contribution in [0.5, 0.6) is 0 Å². The Bertz CT molecular complexity index is 1040. The summed E-state index contributed by atoms with van der Waals surface area (Å²) in [6.07, 6.45) is -2.85. The minimum atomic E-state index is -4.63. The van der Waals surface area contributed by atoms with E-state index in [1.165, 1.54) is 12.3 Å². The number of ether oxygens (including phenoxy) is 1. The number of aromatic nitrogens is 3. The van der Waals surface area contributed by atoms with Crippen LogP contribution in [0.1, 0.15) is 20.8 Å². The number of anilines is 1. The second-order valence-corrected chi connectivity index (χ2v) is 7.75. The van der Waals surface area contributed by atoms with Crippen molar-refractivity contribution in [2.45, 2.75) is 32.5 Å². The molecular weight excluding hydrogens is 409 g/mol. The second kappa shape index (κ2) is 7.55. The molecule has 0 fully saturated rings. The molecule has 0 unspecified atom stereocenters. The standard InChI is InChI=1S/C19H18ClF3N4O2/c1-18(2,3)29-17(28)27(10-19(21,22)23)16-7-11(4-5-24-16)13-6-12-9-25-15(20)8-14(12)26-13/h4-9,26H,10H2,1-3H3. The van der Waals surface area contributed by atoms with E-state index in [1.807, 2.05) is 0 Å². The van der Waals surface area contributed by atoms with Crippen molar-refractivity contribution in [3.8, 4) is 11.3 Å². The third-order valence-corrected chi connectivity index (χ3v) is 3.96. The number of hydrogen-bond acceptors (Lipinski definition) is 4. The number of hydrogen-bond donors (Lipinski definition) is 1. The molecule has 3 heterocycles. The fraction of sp³-hybridized carbons (Fsp3) is 0.316. The molecule has 0 saturated carbocycles. The fourth-order valence-corrected chi connectivity index (χ4v) is 2.78. The first-order valence-electron chi connectivity index (χ1n) is 8.59. The Labute approximate surface area is 169 Å². The van der Waals surface area contributed by atoms with Crippen molar-refractivity contribution in [3.05, 3.63) is 41.8 Å². The summed E-state index contributed by atoms with van der Waals surface area (Å²) in [7, 11) is 0. The molecule has 6 nitrogen and oxygen atoms in total. The third-order valence-electron chi connectivity index (χ3n) is 3.75. The molecule has 0 aromatic carbocycles. The van der Waals surface area contributed by atoms with Crippen LogP contribution < -0.4 is 4.90 Å². The molecule has 1 amide bonds. The normalized spacial score (nSPS) is 12.2. The minimum Gasteiger partial charge on any atom is -0.443 e. The van der Waals surface area contributed by atoms with E-state index in [1.54, 1.807) is 45.2 Å². The number of alkyl halides is 3. The Hall–Kier alpha value is -2.81. The summed E-state index contributed by atoms with van der Waals surface area (Å²) in [5.74, 6) is -0.177. The maximum absolute atomic E-state index is 13.1. The number of rotatable bonds is 3. The highest BCUT2D eigenvalue weighted by atomic mass is 35.5. The molecule has 154 valence electrons. The van der Waals surface area contributed by atoms with Crippen LogP contribution in [-0.2, 0) is 4.74 Å². The first-order chi connectivity index (χ1) is 13.4. The van der Waals surface area contributed by atoms with Crippen molar-refractivity contribution >= 4 is 34.4 Å². The number of amides is 1. The predicted octanol–water partition coefficient (Wildman–Crippen LogP) is 5.58. The van der Waals surface area contributed by atoms with Crippen LogP contribution >= 0.6 is 11.6 Å². The smallest absolute Gasteiger partial charge is 0.416 e. The Morgan fingerprint density at radius 3 is 2.59 bits per heavy atom. The molecule has 29 heavy (non-hydrogen) atoms. The molecule has 0 aliphatic carbocycles. The molecule has 0 aliphatic rings. The number of pyridine rings is 2. The van der Waals surface area contributed by atoms with Crippen molar-refractivity contribution in [2.24, 2.45) is 0 Å². The summed E-state index contributed by atoms with van der Waals surface area (Å²) in [4.78, 5) is 23.9. The van der Waals surface area contributed by atoms with Gasteiger partial charge in [0.25, 0.3) is 0 Å². The van der Waals surface area contributed by atoms with Gasteiger partial charge in [-0.25, -0.2) is 14.8 Å². The van der Waals surface area contributed by atoms with E-state index in [2.05, 4.69) is 15.0 Å². The summed E-state index contributed by atoms with van der Waals surface area (Å²) in [5.41, 5.74) is 0.918. The average molecular weight is 427 g/mol. The zero-order valence-corrected chi connectivity index (χ0v) is 16.6. The van der Waals surface area contributed by atoms with Crippen LogP contribution in [0.4, 0.5) is 23.8 Å². The molecule has 10 heteroatoms. The predicted molar refractivity (Wildman–Crippen MR) is 104 cm³/mol. The van der Waals surface area contributed by atoms with Gasteiger partial charge in [-0.3, -0.25) is 4.90 Å². The summed E-state index contributed by atoms with van der Waals surface area (Å²) >= 11 is 5.88. The number of carbonyl (C=O) groups excluding carboxylic acids is 1. The Balaban J connectivity index is 1.99. The van der Waals surface area contributed by atoms with Gasteiger partial charge >= 0.3 is 12.3 Å². The van der Waals surface area contributed by atoms with Crippen molar-refractivity contribution in [1.29, 1.82) is 0 Å². The average Bonchev–Trinajstić information content (AvgIpc) is 3.00. The molecule has 0 atom stereocenters. The topological polar surface area (TPSA) is 71.1 Å². The number of fused-ring (bicyclic) bond motifs is 1. The number of H-pyrrole nitrogens is 1. The molecule has 0 radical (unpaired) electrons. The summed E-state index contributed by atoms with van der Waals surface area (Å²) < 4.78 is 44.4. The van der Waals surface area contributed by atoms with E-state index in [0.29, 0.717) is 21.3 Å². The highest BCUT2D eigenvalue weighted by Gasteiger charge is 2.36. The summed E-state index contributed by atoms with van der Waals surface area (Å²) in [6.45, 7) is 3.20. The molecule has 3 aromatic rings. The lowest BCUT2D eigenvalue weighted by Gasteiger charge is -2.27. The lowest BCUT2D eigenvalue weighted by Crippen LogP contribution is -2.42. The SMILES string of the molecule is CC(C)(C)OC(=O)N(CC(F)(F)F)c1cc(-c2cc3cnc(Cl)cc3[nH]2)ccn1. The van der Waals surface area contributed by atoms with Crippen molar-refractivity contribution < 1.29 is 22.7 Å². The highest BCUT2D eigenvalue weighted by molar-refractivity contribution is 6.30. The minimum absolute atomic E-state index is 0.177. The Morgan fingerprint density at radius 1 is 1.21 bits per heavy atom. The highest BCUT2D eigenvalue weighted by Crippen LogP contribution is 2.29. The molecular formula is C19H18ClF3N4O2. The lowest BCUT2D eigenvalue weighted by molar-refractivity contribution is -0.119. The maximum Gasteiger partial charge on any atom is 0.416 e. The zero-order valence-electron chi connectivity index (χ0n) is 15.8. The first kappa shape index (κ1) is 20.9. The van der Waals surface area contributed by atoms with Crippen LogP contribution in [0, 0.1) is 0 Å². The second-order valence-electron chi connectivity index (χ2n) is 7.36. The van der Waals surface area contributed by atoms with Crippen LogP contribution in [0.25, 0.3) is 22.2 Å². The maximum atomic E-state index is 13.1. The van der Waals surface area contributed by atoms with E-state index in [0.717, 1.165) is 10.9 Å². The number of aromatic amines is 1. The van der Waals surface area contributed by atoms with E-state index in [-0.39, 0.29) is 5.82 Å². The number of halogens is 4. The molecule has 0 aliphatic heterocycles. The van der Waals surface area contributed by atoms with Gasteiger partial charge < -0.3 is 9.72 Å². The van der Waals surface area contributed by atoms with Crippen LogP contribution in [0.15, 0.2) is 36.7 Å². The third kappa shape index (κ3) is 5.38. The quantitative estimate of drug-likeness (QED) is 0.555. The Kier molecular flexibility index (Phi) is 5.44. The van der Waals surface area contributed by atoms with E-state index < -0.39 is 24.4 Å². The largest absolute Gasteiger partial charge is 0.443 e. The molecule has 3 aromatic heterocycles. The summed E-state index contributed by atoms with van der Waals surface area (Å²) in [6, 6.07) is 6.41. The summed E-state index contributed by atoms with van der Waals surface area (Å²) in [5, 5.41) is 1.09. The van der Waals surface area contributed by atoms with Crippen molar-refractivity contribution in [2.75, 3.05) is 11.4 Å². The van der Waals surface area contributed by atoms with Gasteiger partial charge in [0.1, 0.15) is 23.1 Å². The van der Waals surface area contributed by atoms with Crippen LogP contribution in [0.2, 0.25) is 5.15 Å². The van der Waals surface area contributed by atoms with Gasteiger partial charge in [0.15, 0.2) is 0 Å². The van der Waals surface area contributed by atoms with Gasteiger partial charge in [0.2, 0.25) is 0 Å². The van der Waals surface area contributed by atoms with Gasteiger partial charge in [0, 0.05) is 29.0 Å². The zero-order chi connectivity index (χ0) is 21.4. The Morgan fingerprint density at radius 2 is 1.93 bits per heavy atom. The molecule has 1 N–H and O–H groups in total. The van der Waals surface area contributed by atoms with Gasteiger partial charge in [-0.15, -0.1) is 0 Å². The number of carbonyl (C=O) groups is 1. The van der Waals surface area contributed by atoms with E-state index in [4.69, 9.17) is 16.3 Å². The number of nitrogens with one attached hydrogen (secondary N) is 1. The van der Waals surface area contributed by atoms with Gasteiger partial charge in [-0.05, 0) is 45.0 Å². The molecule has 0 bridgehead atoms. The van der Waals surface area contributed by atoms with Crippen molar-refractivity contribution in [3.63, 3.8) is 0 Å². The van der Waals surface area contributed by atoms with Crippen molar-refractivity contribution in [1.82, 2.24) is 15.0 Å².